The van der Waals surface area contributed by atoms with Crippen LogP contribution in [0.15, 0.2) is 30.6 Å². The number of hydrogen-bond acceptors (Lipinski definition) is 2. The Morgan fingerprint density at radius 1 is 1.30 bits per heavy atom. The molecular formula is C17H25N3. The van der Waals surface area contributed by atoms with Crippen LogP contribution in [0.25, 0.3) is 0 Å². The first kappa shape index (κ1) is 14.8. The van der Waals surface area contributed by atoms with E-state index in [0.29, 0.717) is 6.04 Å². The molecule has 3 nitrogen and oxygen atoms in total. The summed E-state index contributed by atoms with van der Waals surface area (Å²) in [4.78, 5) is 4.46. The van der Waals surface area contributed by atoms with Gasteiger partial charge in [0.25, 0.3) is 0 Å². The second kappa shape index (κ2) is 6.71. The fraction of sp³-hybridized carbons (Fsp3) is 0.471. The summed E-state index contributed by atoms with van der Waals surface area (Å²) >= 11 is 0. The van der Waals surface area contributed by atoms with Crippen molar-refractivity contribution in [2.24, 2.45) is 7.05 Å². The molecule has 2 aromatic rings. The largest absolute Gasteiger partial charge is 0.338 e. The van der Waals surface area contributed by atoms with Crippen LogP contribution in [0.1, 0.15) is 41.9 Å². The molecule has 1 unspecified atom stereocenters. The fourth-order valence-corrected chi connectivity index (χ4v) is 2.52. The summed E-state index contributed by atoms with van der Waals surface area (Å²) in [6, 6.07) is 7.02. The Kier molecular flexibility index (Phi) is 4.96. The molecule has 0 saturated heterocycles. The highest BCUT2D eigenvalue weighted by atomic mass is 15.0. The first-order valence-corrected chi connectivity index (χ1v) is 7.38. The molecule has 1 aromatic heterocycles. The van der Waals surface area contributed by atoms with Gasteiger partial charge in [0.05, 0.1) is 0 Å². The van der Waals surface area contributed by atoms with Crippen molar-refractivity contribution in [1.29, 1.82) is 0 Å². The molecule has 0 saturated carbocycles. The van der Waals surface area contributed by atoms with Crippen LogP contribution in [0.5, 0.6) is 0 Å². The van der Waals surface area contributed by atoms with Crippen molar-refractivity contribution in [3.63, 3.8) is 0 Å². The third-order valence-corrected chi connectivity index (χ3v) is 3.76. The van der Waals surface area contributed by atoms with E-state index in [4.69, 9.17) is 0 Å². The molecule has 108 valence electrons. The van der Waals surface area contributed by atoms with Crippen molar-refractivity contribution < 1.29 is 0 Å². The van der Waals surface area contributed by atoms with Gasteiger partial charge in [-0.1, -0.05) is 30.7 Å². The minimum Gasteiger partial charge on any atom is -0.338 e. The molecule has 0 radical (unpaired) electrons. The van der Waals surface area contributed by atoms with Gasteiger partial charge in [-0.2, -0.15) is 0 Å². The minimum absolute atomic E-state index is 0.330. The van der Waals surface area contributed by atoms with Gasteiger partial charge in [-0.25, -0.2) is 4.98 Å². The number of benzene rings is 1. The normalized spacial score (nSPS) is 12.6. The zero-order valence-electron chi connectivity index (χ0n) is 13.0. The molecule has 0 spiro atoms. The lowest BCUT2D eigenvalue weighted by Gasteiger charge is -2.21. The molecule has 0 aliphatic rings. The van der Waals surface area contributed by atoms with E-state index in [9.17, 15) is 0 Å². The third kappa shape index (κ3) is 3.48. The average Bonchev–Trinajstić information content (AvgIpc) is 2.83. The van der Waals surface area contributed by atoms with Crippen molar-refractivity contribution in [1.82, 2.24) is 14.9 Å². The number of aryl methyl sites for hydroxylation is 3. The van der Waals surface area contributed by atoms with Crippen LogP contribution < -0.4 is 5.32 Å². The predicted molar refractivity (Wildman–Crippen MR) is 83.9 cm³/mol. The fourth-order valence-electron chi connectivity index (χ4n) is 2.52. The van der Waals surface area contributed by atoms with Crippen LogP contribution in [-0.2, 0) is 13.5 Å². The highest BCUT2D eigenvalue weighted by Gasteiger charge is 2.16. The standard InChI is InChI=1S/C17H25N3/c1-5-8-18-16(12-17-19-9-10-20(17)4)15-11-13(2)6-7-14(15)3/h6-7,9-11,16,18H,5,8,12H2,1-4H3. The van der Waals surface area contributed by atoms with Gasteiger partial charge in [0.15, 0.2) is 0 Å². The van der Waals surface area contributed by atoms with Gasteiger partial charge in [0.2, 0.25) is 0 Å². The molecule has 0 fully saturated rings. The van der Waals surface area contributed by atoms with Crippen molar-refractivity contribution in [2.75, 3.05) is 6.54 Å². The average molecular weight is 271 g/mol. The van der Waals surface area contributed by atoms with Crippen LogP contribution in [0.2, 0.25) is 0 Å². The lowest BCUT2D eigenvalue weighted by molar-refractivity contribution is 0.510. The zero-order valence-corrected chi connectivity index (χ0v) is 13.0. The van der Waals surface area contributed by atoms with E-state index in [1.165, 1.54) is 16.7 Å². The molecule has 20 heavy (non-hydrogen) atoms. The molecule has 1 aromatic carbocycles. The molecule has 0 amide bonds. The van der Waals surface area contributed by atoms with E-state index in [1.807, 2.05) is 12.4 Å². The van der Waals surface area contributed by atoms with Crippen LogP contribution >= 0.6 is 0 Å². The summed E-state index contributed by atoms with van der Waals surface area (Å²) in [5, 5.41) is 3.67. The number of nitrogens with zero attached hydrogens (tertiary/aromatic N) is 2. The molecule has 1 heterocycles. The molecule has 2 rings (SSSR count). The summed E-state index contributed by atoms with van der Waals surface area (Å²) in [6.07, 6.45) is 5.94. The Morgan fingerprint density at radius 2 is 2.10 bits per heavy atom. The molecule has 0 aliphatic heterocycles. The quantitative estimate of drug-likeness (QED) is 0.873. The van der Waals surface area contributed by atoms with Gasteiger partial charge in [0, 0.05) is 31.9 Å². The zero-order chi connectivity index (χ0) is 14.5. The molecular weight excluding hydrogens is 246 g/mol. The Labute approximate surface area is 122 Å². The molecule has 0 bridgehead atoms. The van der Waals surface area contributed by atoms with Gasteiger partial charge in [0.1, 0.15) is 5.82 Å². The van der Waals surface area contributed by atoms with Crippen molar-refractivity contribution in [2.45, 2.75) is 39.7 Å². The maximum absolute atomic E-state index is 4.46. The van der Waals surface area contributed by atoms with E-state index >= 15 is 0 Å². The maximum atomic E-state index is 4.46. The predicted octanol–water partition coefficient (Wildman–Crippen LogP) is 3.32. The number of rotatable bonds is 6. The van der Waals surface area contributed by atoms with Crippen LogP contribution in [-0.4, -0.2) is 16.1 Å². The molecule has 3 heteroatoms. The number of nitrogens with one attached hydrogen (secondary N) is 1. The van der Waals surface area contributed by atoms with Crippen LogP contribution in [0, 0.1) is 13.8 Å². The summed E-state index contributed by atoms with van der Waals surface area (Å²) in [5.41, 5.74) is 4.05. The van der Waals surface area contributed by atoms with Gasteiger partial charge in [-0.15, -0.1) is 0 Å². The molecule has 1 N–H and O–H groups in total. The van der Waals surface area contributed by atoms with Gasteiger partial charge in [-0.3, -0.25) is 0 Å². The van der Waals surface area contributed by atoms with Gasteiger partial charge >= 0.3 is 0 Å². The Bertz CT molecular complexity index is 557. The lowest BCUT2D eigenvalue weighted by atomic mass is 9.96. The first-order valence-electron chi connectivity index (χ1n) is 7.38. The summed E-state index contributed by atoms with van der Waals surface area (Å²) in [7, 11) is 2.06. The van der Waals surface area contributed by atoms with Crippen LogP contribution in [0.3, 0.4) is 0 Å². The van der Waals surface area contributed by atoms with Crippen molar-refractivity contribution in [3.8, 4) is 0 Å². The summed E-state index contributed by atoms with van der Waals surface area (Å²) < 4.78 is 2.10. The summed E-state index contributed by atoms with van der Waals surface area (Å²) in [6.45, 7) is 7.57. The summed E-state index contributed by atoms with van der Waals surface area (Å²) in [5.74, 6) is 1.12. The lowest BCUT2D eigenvalue weighted by Crippen LogP contribution is -2.26. The second-order valence-corrected chi connectivity index (χ2v) is 5.53. The minimum atomic E-state index is 0.330. The topological polar surface area (TPSA) is 29.9 Å². The SMILES string of the molecule is CCCNC(Cc1nccn1C)c1cc(C)ccc1C. The van der Waals surface area contributed by atoms with Gasteiger partial charge in [-0.05, 0) is 37.9 Å². The monoisotopic (exact) mass is 271 g/mol. The number of imidazole rings is 1. The van der Waals surface area contributed by atoms with E-state index in [2.05, 4.69) is 60.9 Å². The second-order valence-electron chi connectivity index (χ2n) is 5.53. The van der Waals surface area contributed by atoms with Crippen molar-refractivity contribution in [3.05, 3.63) is 53.1 Å². The van der Waals surface area contributed by atoms with E-state index in [0.717, 1.165) is 25.2 Å². The van der Waals surface area contributed by atoms with Crippen LogP contribution in [0.4, 0.5) is 0 Å². The smallest absolute Gasteiger partial charge is 0.110 e. The van der Waals surface area contributed by atoms with E-state index in [1.54, 1.807) is 0 Å². The Hall–Kier alpha value is -1.61. The Balaban J connectivity index is 2.27. The molecule has 0 aliphatic carbocycles. The highest BCUT2D eigenvalue weighted by molar-refractivity contribution is 5.33. The van der Waals surface area contributed by atoms with Crippen molar-refractivity contribution >= 4 is 0 Å². The third-order valence-electron chi connectivity index (χ3n) is 3.76. The highest BCUT2D eigenvalue weighted by Crippen LogP contribution is 2.22. The number of hydrogen-bond donors (Lipinski definition) is 1. The number of aromatic nitrogens is 2. The van der Waals surface area contributed by atoms with E-state index in [-0.39, 0.29) is 0 Å². The maximum Gasteiger partial charge on any atom is 0.110 e. The Morgan fingerprint density at radius 3 is 2.75 bits per heavy atom. The molecule has 1 atom stereocenters. The van der Waals surface area contributed by atoms with Gasteiger partial charge < -0.3 is 9.88 Å². The van der Waals surface area contributed by atoms with E-state index < -0.39 is 0 Å². The first-order chi connectivity index (χ1) is 9.61.